The molecule has 0 aliphatic heterocycles. The normalized spacial score (nSPS) is 18.2. The number of nitrogens with one attached hydrogen (secondary N) is 1. The molecule has 0 saturated heterocycles. The topological polar surface area (TPSA) is 49.3 Å². The Labute approximate surface area is 114 Å². The van der Waals surface area contributed by atoms with Crippen molar-refractivity contribution in [1.82, 2.24) is 5.32 Å². The summed E-state index contributed by atoms with van der Waals surface area (Å²) in [4.78, 5) is 11.7. The molecule has 0 heterocycles. The van der Waals surface area contributed by atoms with Crippen LogP contribution in [-0.2, 0) is 11.2 Å². The molecule has 1 aliphatic rings. The van der Waals surface area contributed by atoms with Gasteiger partial charge in [0.15, 0.2) is 0 Å². The molecule has 3 heteroatoms. The first-order chi connectivity index (χ1) is 9.24. The first-order valence-corrected chi connectivity index (χ1v) is 6.93. The second kappa shape index (κ2) is 6.98. The third-order valence-electron chi connectivity index (χ3n) is 3.54. The zero-order valence-corrected chi connectivity index (χ0v) is 11.1. The molecule has 0 aromatic heterocycles. The van der Waals surface area contributed by atoms with Gasteiger partial charge >= 0.3 is 0 Å². The minimum Gasteiger partial charge on any atom is -0.508 e. The molecule has 0 unspecified atom stereocenters. The Bertz CT molecular complexity index is 437. The smallest absolute Gasteiger partial charge is 0.220 e. The van der Waals surface area contributed by atoms with Crippen molar-refractivity contribution >= 4 is 5.91 Å². The Hall–Kier alpha value is -1.77. The molecule has 1 aromatic rings. The van der Waals surface area contributed by atoms with Crippen molar-refractivity contribution in [3.8, 4) is 5.75 Å². The maximum Gasteiger partial charge on any atom is 0.220 e. The van der Waals surface area contributed by atoms with E-state index in [0.29, 0.717) is 12.3 Å². The number of amides is 1. The van der Waals surface area contributed by atoms with E-state index in [-0.39, 0.29) is 11.7 Å². The van der Waals surface area contributed by atoms with Gasteiger partial charge in [0.05, 0.1) is 0 Å². The second-order valence-electron chi connectivity index (χ2n) is 5.12. The summed E-state index contributed by atoms with van der Waals surface area (Å²) in [6.45, 7) is 0.790. The lowest BCUT2D eigenvalue weighted by Gasteiger charge is -2.18. The van der Waals surface area contributed by atoms with Gasteiger partial charge < -0.3 is 10.4 Å². The predicted molar refractivity (Wildman–Crippen MR) is 75.9 cm³/mol. The van der Waals surface area contributed by atoms with Crippen LogP contribution in [0.25, 0.3) is 0 Å². The third-order valence-corrected chi connectivity index (χ3v) is 3.54. The van der Waals surface area contributed by atoms with E-state index in [1.165, 1.54) is 6.42 Å². The van der Waals surface area contributed by atoms with E-state index in [0.717, 1.165) is 31.4 Å². The van der Waals surface area contributed by atoms with Crippen molar-refractivity contribution < 1.29 is 9.90 Å². The number of allylic oxidation sites excluding steroid dienone is 2. The van der Waals surface area contributed by atoms with E-state index in [9.17, 15) is 9.90 Å². The fourth-order valence-corrected chi connectivity index (χ4v) is 2.31. The quantitative estimate of drug-likeness (QED) is 0.799. The van der Waals surface area contributed by atoms with E-state index in [2.05, 4.69) is 17.5 Å². The van der Waals surface area contributed by atoms with Crippen LogP contribution in [0.2, 0.25) is 0 Å². The number of aromatic hydroxyl groups is 1. The van der Waals surface area contributed by atoms with Crippen molar-refractivity contribution in [1.29, 1.82) is 0 Å². The number of carbonyl (C=O) groups excluding carboxylic acids is 1. The van der Waals surface area contributed by atoms with E-state index < -0.39 is 0 Å². The fourth-order valence-electron chi connectivity index (χ4n) is 2.31. The molecule has 102 valence electrons. The number of benzene rings is 1. The molecule has 1 aromatic carbocycles. The molecule has 1 amide bonds. The Morgan fingerprint density at radius 3 is 2.74 bits per heavy atom. The number of rotatable bonds is 5. The Balaban J connectivity index is 1.66. The van der Waals surface area contributed by atoms with Crippen LogP contribution in [0.1, 0.15) is 31.2 Å². The van der Waals surface area contributed by atoms with Gasteiger partial charge in [-0.1, -0.05) is 24.3 Å². The van der Waals surface area contributed by atoms with E-state index >= 15 is 0 Å². The molecule has 0 spiro atoms. The average molecular weight is 259 g/mol. The van der Waals surface area contributed by atoms with Gasteiger partial charge in [-0.05, 0) is 49.3 Å². The van der Waals surface area contributed by atoms with Gasteiger partial charge in [0.2, 0.25) is 5.91 Å². The number of hydrogen-bond acceptors (Lipinski definition) is 2. The molecular weight excluding hydrogens is 238 g/mol. The maximum absolute atomic E-state index is 11.7. The summed E-state index contributed by atoms with van der Waals surface area (Å²) < 4.78 is 0. The van der Waals surface area contributed by atoms with Crippen LogP contribution in [-0.4, -0.2) is 17.6 Å². The molecule has 2 N–H and O–H groups in total. The van der Waals surface area contributed by atoms with Crippen LogP contribution in [0.5, 0.6) is 5.75 Å². The van der Waals surface area contributed by atoms with Crippen LogP contribution in [0.4, 0.5) is 0 Å². The standard InChI is InChI=1S/C16H21NO2/c18-15-9-6-13(7-10-15)8-11-16(19)17-12-14-4-2-1-3-5-14/h1-2,6-7,9-10,14,18H,3-5,8,11-12H2,(H,17,19)/t14-/m1/s1. The highest BCUT2D eigenvalue weighted by Crippen LogP contribution is 2.17. The van der Waals surface area contributed by atoms with E-state index in [1.54, 1.807) is 12.1 Å². The molecule has 0 fully saturated rings. The average Bonchev–Trinajstić information content (AvgIpc) is 2.45. The van der Waals surface area contributed by atoms with Gasteiger partial charge in [-0.2, -0.15) is 0 Å². The molecule has 0 bridgehead atoms. The number of phenols is 1. The molecule has 3 nitrogen and oxygen atoms in total. The highest BCUT2D eigenvalue weighted by molar-refractivity contribution is 5.76. The Kier molecular flexibility index (Phi) is 5.01. The van der Waals surface area contributed by atoms with Crippen molar-refractivity contribution in [3.05, 3.63) is 42.0 Å². The minimum absolute atomic E-state index is 0.114. The lowest BCUT2D eigenvalue weighted by molar-refractivity contribution is -0.121. The largest absolute Gasteiger partial charge is 0.508 e. The van der Waals surface area contributed by atoms with Crippen LogP contribution in [0.15, 0.2) is 36.4 Å². The van der Waals surface area contributed by atoms with Gasteiger partial charge in [0.25, 0.3) is 0 Å². The third kappa shape index (κ3) is 4.78. The summed E-state index contributed by atoms with van der Waals surface area (Å²) in [6.07, 6.45) is 9.03. The van der Waals surface area contributed by atoms with Crippen LogP contribution in [0.3, 0.4) is 0 Å². The molecular formula is C16H21NO2. The molecule has 1 atom stereocenters. The number of aryl methyl sites for hydroxylation is 1. The van der Waals surface area contributed by atoms with E-state index in [4.69, 9.17) is 0 Å². The van der Waals surface area contributed by atoms with E-state index in [1.807, 2.05) is 12.1 Å². The fraction of sp³-hybridized carbons (Fsp3) is 0.438. The van der Waals surface area contributed by atoms with Crippen LogP contribution in [0, 0.1) is 5.92 Å². The Morgan fingerprint density at radius 2 is 2.05 bits per heavy atom. The first-order valence-electron chi connectivity index (χ1n) is 6.93. The minimum atomic E-state index is 0.114. The molecule has 0 radical (unpaired) electrons. The summed E-state index contributed by atoms with van der Waals surface area (Å²) in [6, 6.07) is 7.02. The van der Waals surface area contributed by atoms with Gasteiger partial charge in [0, 0.05) is 13.0 Å². The van der Waals surface area contributed by atoms with Crippen molar-refractivity contribution in [2.45, 2.75) is 32.1 Å². The van der Waals surface area contributed by atoms with Crippen LogP contribution < -0.4 is 5.32 Å². The van der Waals surface area contributed by atoms with Gasteiger partial charge in [-0.15, -0.1) is 0 Å². The highest BCUT2D eigenvalue weighted by Gasteiger charge is 2.11. The number of phenolic OH excluding ortho intramolecular Hbond substituents is 1. The number of carbonyl (C=O) groups is 1. The zero-order valence-electron chi connectivity index (χ0n) is 11.1. The lowest BCUT2D eigenvalue weighted by atomic mass is 9.94. The van der Waals surface area contributed by atoms with Crippen molar-refractivity contribution in [2.75, 3.05) is 6.54 Å². The van der Waals surface area contributed by atoms with Crippen LogP contribution >= 0.6 is 0 Å². The summed E-state index contributed by atoms with van der Waals surface area (Å²) in [7, 11) is 0. The molecule has 1 aliphatic carbocycles. The number of hydrogen-bond donors (Lipinski definition) is 2. The lowest BCUT2D eigenvalue weighted by Crippen LogP contribution is -2.29. The second-order valence-corrected chi connectivity index (χ2v) is 5.12. The SMILES string of the molecule is O=C(CCc1ccc(O)cc1)NC[C@@H]1CC=CCC1. The molecule has 0 saturated carbocycles. The monoisotopic (exact) mass is 259 g/mol. The van der Waals surface area contributed by atoms with Crippen molar-refractivity contribution in [3.63, 3.8) is 0 Å². The van der Waals surface area contributed by atoms with Gasteiger partial charge in [-0.3, -0.25) is 4.79 Å². The Morgan fingerprint density at radius 1 is 1.26 bits per heavy atom. The van der Waals surface area contributed by atoms with Gasteiger partial charge in [0.1, 0.15) is 5.75 Å². The maximum atomic E-state index is 11.7. The summed E-state index contributed by atoms with van der Waals surface area (Å²) >= 11 is 0. The predicted octanol–water partition coefficient (Wildman–Crippen LogP) is 2.80. The van der Waals surface area contributed by atoms with Gasteiger partial charge in [-0.25, -0.2) is 0 Å². The summed E-state index contributed by atoms with van der Waals surface area (Å²) in [5.74, 6) is 0.976. The van der Waals surface area contributed by atoms with Crippen molar-refractivity contribution in [2.24, 2.45) is 5.92 Å². The first kappa shape index (κ1) is 13.7. The molecule has 19 heavy (non-hydrogen) atoms. The summed E-state index contributed by atoms with van der Waals surface area (Å²) in [5, 5.41) is 12.2. The molecule has 2 rings (SSSR count). The zero-order chi connectivity index (χ0) is 13.5. The summed E-state index contributed by atoms with van der Waals surface area (Å²) in [5.41, 5.74) is 1.08. The highest BCUT2D eigenvalue weighted by atomic mass is 16.3.